The van der Waals surface area contributed by atoms with Gasteiger partial charge in [0.25, 0.3) is 5.78 Å². The number of hydrogen-bond acceptors (Lipinski definition) is 6. The summed E-state index contributed by atoms with van der Waals surface area (Å²) in [4.78, 5) is 8.63. The van der Waals surface area contributed by atoms with Gasteiger partial charge in [0.05, 0.1) is 24.0 Å². The van der Waals surface area contributed by atoms with Crippen LogP contribution in [0, 0.1) is 0 Å². The molecule has 8 heteroatoms. The lowest BCUT2D eigenvalue weighted by molar-refractivity contribution is 0.181. The molecule has 1 atom stereocenters. The number of nitrogens with one attached hydrogen (secondary N) is 1. The highest BCUT2D eigenvalue weighted by Crippen LogP contribution is 2.25. The molecule has 0 saturated carbocycles. The number of ether oxygens (including phenoxy) is 1. The zero-order valence-electron chi connectivity index (χ0n) is 14.6. The van der Waals surface area contributed by atoms with Crippen molar-refractivity contribution in [2.75, 3.05) is 12.4 Å². The topological polar surface area (TPSA) is 82.2 Å². The third kappa shape index (κ3) is 3.02. The van der Waals surface area contributed by atoms with Gasteiger partial charge in [-0.15, -0.1) is 0 Å². The third-order valence-electron chi connectivity index (χ3n) is 4.12. The molecule has 0 aliphatic carbocycles. The molecule has 4 rings (SSSR count). The molecule has 1 N–H and O–H groups in total. The van der Waals surface area contributed by atoms with Gasteiger partial charge in [0.15, 0.2) is 0 Å². The number of fused-ring (bicyclic) bond motifs is 1. The van der Waals surface area contributed by atoms with Gasteiger partial charge in [0, 0.05) is 25.6 Å². The Kier molecular flexibility index (Phi) is 4.32. The van der Waals surface area contributed by atoms with Crippen LogP contribution < -0.4 is 5.32 Å². The van der Waals surface area contributed by atoms with E-state index in [1.807, 2.05) is 35.1 Å². The van der Waals surface area contributed by atoms with Crippen molar-refractivity contribution in [3.05, 3.63) is 66.4 Å². The number of para-hydroxylation sites is 1. The van der Waals surface area contributed by atoms with E-state index in [9.17, 15) is 0 Å². The molecule has 0 fully saturated rings. The van der Waals surface area contributed by atoms with Crippen molar-refractivity contribution < 1.29 is 4.74 Å². The molecule has 4 aromatic rings. The van der Waals surface area contributed by atoms with Gasteiger partial charge in [0.1, 0.15) is 12.1 Å². The molecular formula is C18H19N7O. The van der Waals surface area contributed by atoms with E-state index in [0.717, 1.165) is 22.8 Å². The van der Waals surface area contributed by atoms with E-state index in [-0.39, 0.29) is 6.04 Å². The van der Waals surface area contributed by atoms with Crippen LogP contribution in [0.2, 0.25) is 0 Å². The molecule has 132 valence electrons. The van der Waals surface area contributed by atoms with Crippen molar-refractivity contribution in [2.45, 2.75) is 19.6 Å². The summed E-state index contributed by atoms with van der Waals surface area (Å²) >= 11 is 0. The Hall–Kier alpha value is -3.26. The van der Waals surface area contributed by atoms with E-state index in [1.165, 1.54) is 6.33 Å². The number of benzene rings is 1. The first-order chi connectivity index (χ1) is 12.8. The van der Waals surface area contributed by atoms with Crippen LogP contribution in [0.1, 0.15) is 24.2 Å². The van der Waals surface area contributed by atoms with Crippen LogP contribution in [-0.4, -0.2) is 36.5 Å². The molecule has 0 saturated heterocycles. The molecule has 26 heavy (non-hydrogen) atoms. The molecule has 0 aliphatic heterocycles. The number of nitrogens with zero attached hydrogens (tertiary/aromatic N) is 6. The molecule has 0 aliphatic rings. The third-order valence-corrected chi connectivity index (χ3v) is 4.12. The number of hydrogen-bond donors (Lipinski definition) is 1. The van der Waals surface area contributed by atoms with Crippen LogP contribution in [0.15, 0.2) is 55.1 Å². The molecule has 3 heterocycles. The summed E-state index contributed by atoms with van der Waals surface area (Å²) in [5, 5.41) is 12.1. The molecule has 8 nitrogen and oxygen atoms in total. The van der Waals surface area contributed by atoms with Crippen LogP contribution >= 0.6 is 0 Å². The average molecular weight is 349 g/mol. The van der Waals surface area contributed by atoms with Gasteiger partial charge in [-0.1, -0.05) is 18.2 Å². The van der Waals surface area contributed by atoms with Gasteiger partial charge in [-0.2, -0.15) is 19.7 Å². The van der Waals surface area contributed by atoms with Crippen LogP contribution in [0.4, 0.5) is 5.82 Å². The average Bonchev–Trinajstić information content (AvgIpc) is 3.34. The van der Waals surface area contributed by atoms with Gasteiger partial charge in [0.2, 0.25) is 0 Å². The Morgan fingerprint density at radius 3 is 2.88 bits per heavy atom. The molecule has 3 aromatic heterocycles. The Morgan fingerprint density at radius 2 is 2.08 bits per heavy atom. The van der Waals surface area contributed by atoms with Crippen molar-refractivity contribution in [3.8, 4) is 5.69 Å². The van der Waals surface area contributed by atoms with E-state index in [0.29, 0.717) is 12.4 Å². The van der Waals surface area contributed by atoms with Crippen molar-refractivity contribution in [1.82, 2.24) is 29.4 Å². The fourth-order valence-corrected chi connectivity index (χ4v) is 2.96. The molecule has 1 aromatic carbocycles. The summed E-state index contributed by atoms with van der Waals surface area (Å²) in [6, 6.07) is 12.0. The Balaban J connectivity index is 1.70. The van der Waals surface area contributed by atoms with Crippen molar-refractivity contribution in [3.63, 3.8) is 0 Å². The highest BCUT2D eigenvalue weighted by Gasteiger charge is 2.15. The first kappa shape index (κ1) is 16.2. The fraction of sp³-hybridized carbons (Fsp3) is 0.222. The second kappa shape index (κ2) is 6.93. The van der Waals surface area contributed by atoms with Gasteiger partial charge in [-0.05, 0) is 24.6 Å². The molecule has 0 bridgehead atoms. The smallest absolute Gasteiger partial charge is 0.254 e. The maximum atomic E-state index is 5.21. The zero-order chi connectivity index (χ0) is 17.9. The Bertz CT molecular complexity index is 1010. The van der Waals surface area contributed by atoms with Gasteiger partial charge < -0.3 is 10.1 Å². The van der Waals surface area contributed by atoms with E-state index < -0.39 is 0 Å². The SMILES string of the molecule is COCc1cc(NC(C)c2ccccc2-n2cccn2)n2ncnc2n1. The molecule has 0 amide bonds. The first-order valence-corrected chi connectivity index (χ1v) is 8.30. The second-order valence-electron chi connectivity index (χ2n) is 5.91. The number of aromatic nitrogens is 6. The van der Waals surface area contributed by atoms with Crippen LogP contribution in [0.25, 0.3) is 11.5 Å². The second-order valence-corrected chi connectivity index (χ2v) is 5.91. The monoisotopic (exact) mass is 349 g/mol. The predicted molar refractivity (Wildman–Crippen MR) is 97.1 cm³/mol. The van der Waals surface area contributed by atoms with Crippen molar-refractivity contribution in [1.29, 1.82) is 0 Å². The molecule has 0 radical (unpaired) electrons. The summed E-state index contributed by atoms with van der Waals surface area (Å²) in [6.45, 7) is 2.51. The lowest BCUT2D eigenvalue weighted by Gasteiger charge is -2.19. The predicted octanol–water partition coefficient (Wildman–Crippen LogP) is 2.63. The van der Waals surface area contributed by atoms with Crippen molar-refractivity contribution >= 4 is 11.6 Å². The van der Waals surface area contributed by atoms with Crippen LogP contribution in [0.5, 0.6) is 0 Å². The lowest BCUT2D eigenvalue weighted by Crippen LogP contribution is -2.14. The van der Waals surface area contributed by atoms with E-state index >= 15 is 0 Å². The normalized spacial score (nSPS) is 12.4. The first-order valence-electron chi connectivity index (χ1n) is 8.30. The van der Waals surface area contributed by atoms with Crippen LogP contribution in [-0.2, 0) is 11.3 Å². The quantitative estimate of drug-likeness (QED) is 0.576. The van der Waals surface area contributed by atoms with E-state index in [1.54, 1.807) is 17.8 Å². The number of rotatable bonds is 6. The number of anilines is 1. The zero-order valence-corrected chi connectivity index (χ0v) is 14.6. The highest BCUT2D eigenvalue weighted by molar-refractivity contribution is 5.50. The Labute approximate surface area is 150 Å². The van der Waals surface area contributed by atoms with E-state index in [4.69, 9.17) is 4.74 Å². The minimum absolute atomic E-state index is 0.0144. The summed E-state index contributed by atoms with van der Waals surface area (Å²) in [7, 11) is 1.64. The minimum atomic E-state index is 0.0144. The molecule has 1 unspecified atom stereocenters. The summed E-state index contributed by atoms with van der Waals surface area (Å²) in [6.07, 6.45) is 5.20. The minimum Gasteiger partial charge on any atom is -0.378 e. The molecule has 0 spiro atoms. The summed E-state index contributed by atoms with van der Waals surface area (Å²) in [5.41, 5.74) is 2.94. The lowest BCUT2D eigenvalue weighted by atomic mass is 10.1. The summed E-state index contributed by atoms with van der Waals surface area (Å²) < 4.78 is 8.76. The van der Waals surface area contributed by atoms with Crippen molar-refractivity contribution in [2.24, 2.45) is 0 Å². The Morgan fingerprint density at radius 1 is 1.19 bits per heavy atom. The van der Waals surface area contributed by atoms with Crippen LogP contribution in [0.3, 0.4) is 0 Å². The standard InChI is InChI=1S/C18H19N7O/c1-13(15-6-3-4-7-16(15)24-9-5-8-20-24)22-17-10-14(11-26-2)23-18-19-12-21-25(17)18/h3-10,12-13,22H,11H2,1-2H3. The summed E-state index contributed by atoms with van der Waals surface area (Å²) in [5.74, 6) is 1.34. The fourth-order valence-electron chi connectivity index (χ4n) is 2.96. The number of methoxy groups -OCH3 is 1. The van der Waals surface area contributed by atoms with E-state index in [2.05, 4.69) is 44.5 Å². The largest absolute Gasteiger partial charge is 0.378 e. The van der Waals surface area contributed by atoms with Gasteiger partial charge >= 0.3 is 0 Å². The van der Waals surface area contributed by atoms with Gasteiger partial charge in [-0.25, -0.2) is 9.67 Å². The highest BCUT2D eigenvalue weighted by atomic mass is 16.5. The maximum absolute atomic E-state index is 5.21. The molecular weight excluding hydrogens is 330 g/mol. The maximum Gasteiger partial charge on any atom is 0.254 e. The van der Waals surface area contributed by atoms with Gasteiger partial charge in [-0.3, -0.25) is 0 Å².